The lowest BCUT2D eigenvalue weighted by Crippen LogP contribution is -2.56. The predicted molar refractivity (Wildman–Crippen MR) is 58.0 cm³/mol. The zero-order valence-electron chi connectivity index (χ0n) is 9.60. The molecule has 7 heteroatoms. The van der Waals surface area contributed by atoms with Gasteiger partial charge in [-0.3, -0.25) is 0 Å². The lowest BCUT2D eigenvalue weighted by molar-refractivity contribution is 0.337. The first-order chi connectivity index (χ1) is 7.74. The molecule has 0 amide bonds. The Bertz CT molecular complexity index is 347. The Balaban J connectivity index is 2.24. The quantitative estimate of drug-likeness (QED) is 0.726. The first kappa shape index (κ1) is 10.9. The molecule has 0 aromatic carbocycles. The number of nitrogens with one attached hydrogen (secondary N) is 1. The summed E-state index contributed by atoms with van der Waals surface area (Å²) in [4.78, 5) is 14.3. The molecule has 1 aliphatic rings. The van der Waals surface area contributed by atoms with Gasteiger partial charge in [-0.05, 0) is 0 Å². The van der Waals surface area contributed by atoms with Crippen LogP contribution in [0.1, 0.15) is 0 Å². The smallest absolute Gasteiger partial charge is 0.324 e. The number of ether oxygens (including phenoxy) is 2. The summed E-state index contributed by atoms with van der Waals surface area (Å²) in [5.41, 5.74) is 0. The lowest BCUT2D eigenvalue weighted by atomic mass is 10.1. The van der Waals surface area contributed by atoms with E-state index in [1.807, 2.05) is 11.9 Å². The zero-order chi connectivity index (χ0) is 11.5. The number of nitrogens with zero attached hydrogens (tertiary/aromatic N) is 4. The Morgan fingerprint density at radius 1 is 1.12 bits per heavy atom. The predicted octanol–water partition coefficient (Wildman–Crippen LogP) is -0.703. The number of hydrogen-bond donors (Lipinski definition) is 1. The minimum absolute atomic E-state index is 0.265. The highest BCUT2D eigenvalue weighted by Gasteiger charge is 2.24. The largest absolute Gasteiger partial charge is 0.467 e. The Morgan fingerprint density at radius 3 is 2.06 bits per heavy atom. The van der Waals surface area contributed by atoms with Gasteiger partial charge in [-0.1, -0.05) is 0 Å². The standard InChI is InChI=1S/C9H15N5O2/c1-14(6-4-10-5-6)7-11-8(15-2)13-9(12-7)16-3/h6,10H,4-5H2,1-3H3. The third-order valence-electron chi connectivity index (χ3n) is 2.57. The van der Waals surface area contributed by atoms with Crippen LogP contribution in [0.4, 0.5) is 5.95 Å². The van der Waals surface area contributed by atoms with Crippen molar-refractivity contribution >= 4 is 5.95 Å². The van der Waals surface area contributed by atoms with Crippen LogP contribution < -0.4 is 19.7 Å². The van der Waals surface area contributed by atoms with Crippen LogP contribution >= 0.6 is 0 Å². The van der Waals surface area contributed by atoms with Gasteiger partial charge in [-0.2, -0.15) is 9.97 Å². The summed E-state index contributed by atoms with van der Waals surface area (Å²) in [6.45, 7) is 1.87. The highest BCUT2D eigenvalue weighted by atomic mass is 16.5. The molecular weight excluding hydrogens is 210 g/mol. The Labute approximate surface area is 93.8 Å². The summed E-state index contributed by atoms with van der Waals surface area (Å²) in [6, 6.07) is 0.943. The van der Waals surface area contributed by atoms with E-state index >= 15 is 0 Å². The zero-order valence-corrected chi connectivity index (χ0v) is 9.60. The van der Waals surface area contributed by atoms with Crippen LogP contribution in [0.2, 0.25) is 0 Å². The number of aromatic nitrogens is 3. The molecule has 16 heavy (non-hydrogen) atoms. The van der Waals surface area contributed by atoms with Crippen molar-refractivity contribution in [2.24, 2.45) is 0 Å². The van der Waals surface area contributed by atoms with Gasteiger partial charge in [0.2, 0.25) is 5.95 Å². The maximum atomic E-state index is 4.99. The normalized spacial score (nSPS) is 15.4. The molecule has 0 aliphatic carbocycles. The minimum atomic E-state index is 0.265. The van der Waals surface area contributed by atoms with E-state index in [2.05, 4.69) is 20.3 Å². The first-order valence-corrected chi connectivity index (χ1v) is 5.02. The van der Waals surface area contributed by atoms with Gasteiger partial charge in [0, 0.05) is 20.1 Å². The fraction of sp³-hybridized carbons (Fsp3) is 0.667. The highest BCUT2D eigenvalue weighted by Crippen LogP contribution is 2.17. The summed E-state index contributed by atoms with van der Waals surface area (Å²) in [5, 5.41) is 3.19. The number of methoxy groups -OCH3 is 2. The maximum Gasteiger partial charge on any atom is 0.324 e. The second-order valence-corrected chi connectivity index (χ2v) is 3.53. The topological polar surface area (TPSA) is 72.4 Å². The van der Waals surface area contributed by atoms with E-state index in [0.29, 0.717) is 12.0 Å². The van der Waals surface area contributed by atoms with Crippen LogP contribution in [-0.2, 0) is 0 Å². The molecule has 0 unspecified atom stereocenters. The molecule has 0 radical (unpaired) electrons. The van der Waals surface area contributed by atoms with E-state index in [9.17, 15) is 0 Å². The van der Waals surface area contributed by atoms with Gasteiger partial charge in [0.15, 0.2) is 0 Å². The van der Waals surface area contributed by atoms with Crippen molar-refractivity contribution in [1.82, 2.24) is 20.3 Å². The van der Waals surface area contributed by atoms with Gasteiger partial charge in [0.25, 0.3) is 0 Å². The number of hydrogen-bond acceptors (Lipinski definition) is 7. The Kier molecular flexibility index (Phi) is 3.04. The summed E-state index contributed by atoms with van der Waals surface area (Å²) in [7, 11) is 4.98. The van der Waals surface area contributed by atoms with Crippen molar-refractivity contribution in [3.05, 3.63) is 0 Å². The van der Waals surface area contributed by atoms with Crippen molar-refractivity contribution in [3.63, 3.8) is 0 Å². The monoisotopic (exact) mass is 225 g/mol. The molecule has 0 atom stereocenters. The summed E-state index contributed by atoms with van der Waals surface area (Å²) >= 11 is 0. The molecule has 2 heterocycles. The summed E-state index contributed by atoms with van der Waals surface area (Å²) in [6.07, 6.45) is 0. The van der Waals surface area contributed by atoms with Gasteiger partial charge < -0.3 is 19.7 Å². The fourth-order valence-corrected chi connectivity index (χ4v) is 1.38. The fourth-order valence-electron chi connectivity index (χ4n) is 1.38. The molecule has 1 fully saturated rings. The molecule has 2 rings (SSSR count). The van der Waals surface area contributed by atoms with Crippen LogP contribution in [0, 0.1) is 0 Å². The summed E-state index contributed by atoms with van der Waals surface area (Å²) < 4.78 is 9.99. The van der Waals surface area contributed by atoms with E-state index in [1.165, 1.54) is 14.2 Å². The van der Waals surface area contributed by atoms with Crippen molar-refractivity contribution in [1.29, 1.82) is 0 Å². The Hall–Kier alpha value is -1.63. The molecule has 1 N–H and O–H groups in total. The summed E-state index contributed by atoms with van der Waals surface area (Å²) in [5.74, 6) is 0.565. The Morgan fingerprint density at radius 2 is 1.69 bits per heavy atom. The van der Waals surface area contributed by atoms with Gasteiger partial charge in [0.1, 0.15) is 0 Å². The third-order valence-corrected chi connectivity index (χ3v) is 2.57. The van der Waals surface area contributed by atoms with E-state index < -0.39 is 0 Å². The second kappa shape index (κ2) is 4.48. The molecule has 7 nitrogen and oxygen atoms in total. The van der Waals surface area contributed by atoms with E-state index in [1.54, 1.807) is 0 Å². The SMILES string of the molecule is COc1nc(OC)nc(N(C)C2CNC2)n1. The van der Waals surface area contributed by atoms with Crippen LogP contribution in [0.25, 0.3) is 0 Å². The third kappa shape index (κ3) is 1.99. The highest BCUT2D eigenvalue weighted by molar-refractivity contribution is 5.33. The average Bonchev–Trinajstić information content (AvgIpc) is 2.26. The van der Waals surface area contributed by atoms with Gasteiger partial charge in [0.05, 0.1) is 20.3 Å². The average molecular weight is 225 g/mol. The first-order valence-electron chi connectivity index (χ1n) is 5.02. The van der Waals surface area contributed by atoms with E-state index in [-0.39, 0.29) is 12.0 Å². The van der Waals surface area contributed by atoms with Crippen LogP contribution in [-0.4, -0.2) is 55.4 Å². The number of anilines is 1. The second-order valence-electron chi connectivity index (χ2n) is 3.53. The maximum absolute atomic E-state index is 4.99. The van der Waals surface area contributed by atoms with E-state index in [0.717, 1.165) is 13.1 Å². The molecule has 0 bridgehead atoms. The molecule has 1 aliphatic heterocycles. The van der Waals surface area contributed by atoms with Gasteiger partial charge in [-0.15, -0.1) is 4.98 Å². The lowest BCUT2D eigenvalue weighted by Gasteiger charge is -2.35. The molecule has 1 aromatic heterocycles. The molecule has 0 spiro atoms. The minimum Gasteiger partial charge on any atom is -0.467 e. The molecule has 88 valence electrons. The molecule has 1 aromatic rings. The van der Waals surface area contributed by atoms with Crippen molar-refractivity contribution in [2.45, 2.75) is 6.04 Å². The van der Waals surface area contributed by atoms with Crippen molar-refractivity contribution in [3.8, 4) is 12.0 Å². The number of rotatable bonds is 4. The number of likely N-dealkylation sites (N-methyl/N-ethyl adjacent to an activating group) is 1. The van der Waals surface area contributed by atoms with E-state index in [4.69, 9.17) is 9.47 Å². The van der Waals surface area contributed by atoms with Gasteiger partial charge >= 0.3 is 12.0 Å². The van der Waals surface area contributed by atoms with Crippen molar-refractivity contribution < 1.29 is 9.47 Å². The molecular formula is C9H15N5O2. The molecule has 0 saturated carbocycles. The van der Waals surface area contributed by atoms with Crippen LogP contribution in [0.5, 0.6) is 12.0 Å². The van der Waals surface area contributed by atoms with Crippen LogP contribution in [0.3, 0.4) is 0 Å². The van der Waals surface area contributed by atoms with Gasteiger partial charge in [-0.25, -0.2) is 0 Å². The van der Waals surface area contributed by atoms with Crippen LogP contribution in [0.15, 0.2) is 0 Å². The van der Waals surface area contributed by atoms with Crippen molar-refractivity contribution in [2.75, 3.05) is 39.3 Å². The molecule has 1 saturated heterocycles.